The first-order valence-electron chi connectivity index (χ1n) is 9.52. The average Bonchev–Trinajstić information content (AvgIpc) is 3.30. The van der Waals surface area contributed by atoms with Crippen LogP contribution in [0.15, 0.2) is 48.5 Å². The number of tetrazole rings is 1. The molecule has 0 aliphatic carbocycles. The van der Waals surface area contributed by atoms with Crippen molar-refractivity contribution in [2.45, 2.75) is 32.5 Å². The summed E-state index contributed by atoms with van der Waals surface area (Å²) in [5, 5.41) is 8.34. The van der Waals surface area contributed by atoms with E-state index in [1.807, 2.05) is 19.1 Å². The SMILES string of the molecule is CCOc1ccc([C@H]2CCC[NH+]2Cn2nnn(-c3cccc(F)c3)c2=S)cc1. The van der Waals surface area contributed by atoms with Crippen molar-refractivity contribution >= 4 is 12.2 Å². The van der Waals surface area contributed by atoms with Gasteiger partial charge in [0.15, 0.2) is 6.67 Å². The van der Waals surface area contributed by atoms with E-state index < -0.39 is 0 Å². The molecule has 0 bridgehead atoms. The highest BCUT2D eigenvalue weighted by molar-refractivity contribution is 7.71. The first kappa shape index (κ1) is 18.8. The van der Waals surface area contributed by atoms with Crippen LogP contribution >= 0.6 is 12.2 Å². The summed E-state index contributed by atoms with van der Waals surface area (Å²) in [6.45, 7) is 4.33. The second-order valence-corrected chi connectivity index (χ2v) is 7.28. The molecule has 1 aliphatic rings. The zero-order valence-electron chi connectivity index (χ0n) is 15.7. The molecule has 1 aromatic heterocycles. The molecule has 0 saturated carbocycles. The number of benzene rings is 2. The number of nitrogens with one attached hydrogen (secondary N) is 1. The number of halogens is 1. The minimum Gasteiger partial charge on any atom is -0.494 e. The van der Waals surface area contributed by atoms with Gasteiger partial charge in [-0.15, -0.1) is 0 Å². The fourth-order valence-electron chi connectivity index (χ4n) is 3.80. The number of rotatable bonds is 6. The quantitative estimate of drug-likeness (QED) is 0.647. The summed E-state index contributed by atoms with van der Waals surface area (Å²) in [7, 11) is 0. The van der Waals surface area contributed by atoms with E-state index in [0.717, 1.165) is 25.1 Å². The van der Waals surface area contributed by atoms with Gasteiger partial charge in [-0.3, -0.25) is 0 Å². The number of ether oxygens (including phenoxy) is 1. The van der Waals surface area contributed by atoms with Crippen molar-refractivity contribution in [2.75, 3.05) is 13.2 Å². The van der Waals surface area contributed by atoms with Crippen molar-refractivity contribution in [3.8, 4) is 11.4 Å². The molecule has 0 radical (unpaired) electrons. The second kappa shape index (κ2) is 8.20. The standard InChI is InChI=1S/C20H22FN5OS/c1-2-27-18-10-8-15(9-11-18)19-7-4-12-24(19)14-25-20(28)26(23-22-25)17-6-3-5-16(21)13-17/h3,5-6,8-11,13,19H,2,4,7,12,14H2,1H3/p+1/t19-/m1/s1. The van der Waals surface area contributed by atoms with Crippen LogP contribution in [-0.2, 0) is 6.67 Å². The average molecular weight is 401 g/mol. The van der Waals surface area contributed by atoms with Crippen LogP contribution in [0, 0.1) is 10.6 Å². The summed E-state index contributed by atoms with van der Waals surface area (Å²) in [6, 6.07) is 14.9. The summed E-state index contributed by atoms with van der Waals surface area (Å²) in [4.78, 5) is 1.39. The summed E-state index contributed by atoms with van der Waals surface area (Å²) in [5.41, 5.74) is 1.87. The Balaban J connectivity index is 1.53. The zero-order chi connectivity index (χ0) is 19.5. The van der Waals surface area contributed by atoms with Gasteiger partial charge in [0.1, 0.15) is 17.6 Å². The van der Waals surface area contributed by atoms with Crippen molar-refractivity contribution in [3.05, 3.63) is 64.7 Å². The molecule has 28 heavy (non-hydrogen) atoms. The monoisotopic (exact) mass is 400 g/mol. The molecule has 3 aromatic rings. The molecule has 1 fully saturated rings. The van der Waals surface area contributed by atoms with Gasteiger partial charge in [-0.25, -0.2) is 4.39 Å². The Kier molecular flexibility index (Phi) is 5.50. The van der Waals surface area contributed by atoms with E-state index in [4.69, 9.17) is 17.0 Å². The maximum absolute atomic E-state index is 13.5. The van der Waals surface area contributed by atoms with Gasteiger partial charge in [0.25, 0.3) is 0 Å². The number of hydrogen-bond donors (Lipinski definition) is 1. The fourth-order valence-corrected chi connectivity index (χ4v) is 4.04. The number of likely N-dealkylation sites (tertiary alicyclic amines) is 1. The summed E-state index contributed by atoms with van der Waals surface area (Å²) in [5.74, 6) is 0.570. The number of quaternary nitrogens is 1. The van der Waals surface area contributed by atoms with Crippen molar-refractivity contribution < 1.29 is 14.0 Å². The van der Waals surface area contributed by atoms with E-state index in [2.05, 4.69) is 22.6 Å². The van der Waals surface area contributed by atoms with Crippen LogP contribution in [0.3, 0.4) is 0 Å². The highest BCUT2D eigenvalue weighted by atomic mass is 32.1. The highest BCUT2D eigenvalue weighted by Crippen LogP contribution is 2.22. The maximum Gasteiger partial charge on any atom is 0.225 e. The highest BCUT2D eigenvalue weighted by Gasteiger charge is 2.30. The lowest BCUT2D eigenvalue weighted by Gasteiger charge is -2.21. The number of nitrogens with zero attached hydrogens (tertiary/aromatic N) is 4. The first-order chi connectivity index (χ1) is 13.7. The Bertz CT molecular complexity index is 1000. The topological polar surface area (TPSA) is 49.3 Å². The molecule has 2 heterocycles. The minimum absolute atomic E-state index is 0.324. The molecule has 0 spiro atoms. The van der Waals surface area contributed by atoms with Gasteiger partial charge in [-0.2, -0.15) is 9.36 Å². The Morgan fingerprint density at radius 1 is 1.21 bits per heavy atom. The van der Waals surface area contributed by atoms with Gasteiger partial charge >= 0.3 is 0 Å². The summed E-state index contributed by atoms with van der Waals surface area (Å²) < 4.78 is 22.8. The first-order valence-corrected chi connectivity index (χ1v) is 9.92. The third-order valence-electron chi connectivity index (χ3n) is 5.12. The van der Waals surface area contributed by atoms with E-state index in [1.54, 1.807) is 16.8 Å². The van der Waals surface area contributed by atoms with Crippen molar-refractivity contribution in [1.29, 1.82) is 0 Å². The van der Waals surface area contributed by atoms with E-state index >= 15 is 0 Å². The Morgan fingerprint density at radius 3 is 2.79 bits per heavy atom. The molecule has 1 unspecified atom stereocenters. The van der Waals surface area contributed by atoms with Gasteiger partial charge in [-0.05, 0) is 72.0 Å². The van der Waals surface area contributed by atoms with Crippen molar-refractivity contribution in [1.82, 2.24) is 19.8 Å². The molecule has 2 atom stereocenters. The normalized spacial score (nSPS) is 19.1. The van der Waals surface area contributed by atoms with Gasteiger partial charge in [-0.1, -0.05) is 6.07 Å². The van der Waals surface area contributed by atoms with E-state index in [1.165, 1.54) is 27.3 Å². The van der Waals surface area contributed by atoms with E-state index in [9.17, 15) is 4.39 Å². The van der Waals surface area contributed by atoms with Crippen LogP contribution in [0.5, 0.6) is 5.75 Å². The predicted molar refractivity (Wildman–Crippen MR) is 106 cm³/mol. The summed E-state index contributed by atoms with van der Waals surface area (Å²) >= 11 is 5.54. The van der Waals surface area contributed by atoms with Crippen molar-refractivity contribution in [2.24, 2.45) is 0 Å². The lowest BCUT2D eigenvalue weighted by atomic mass is 10.0. The van der Waals surface area contributed by atoms with Crippen LogP contribution in [-0.4, -0.2) is 32.9 Å². The minimum atomic E-state index is -0.324. The van der Waals surface area contributed by atoms with Gasteiger partial charge < -0.3 is 9.64 Å². The van der Waals surface area contributed by atoms with Crippen molar-refractivity contribution in [3.63, 3.8) is 0 Å². The third-order valence-corrected chi connectivity index (χ3v) is 5.51. The molecule has 1 aliphatic heterocycles. The van der Waals surface area contributed by atoms with E-state index in [0.29, 0.717) is 29.8 Å². The van der Waals surface area contributed by atoms with E-state index in [-0.39, 0.29) is 5.82 Å². The smallest absolute Gasteiger partial charge is 0.225 e. The molecule has 146 valence electrons. The van der Waals surface area contributed by atoms with Gasteiger partial charge in [0.05, 0.1) is 18.8 Å². The molecule has 4 rings (SSSR count). The van der Waals surface area contributed by atoms with Crippen LogP contribution < -0.4 is 9.64 Å². The lowest BCUT2D eigenvalue weighted by molar-refractivity contribution is -0.941. The van der Waals surface area contributed by atoms with Crippen LogP contribution in [0.25, 0.3) is 5.69 Å². The molecule has 1 saturated heterocycles. The molecule has 2 aromatic carbocycles. The Labute approximate surface area is 168 Å². The Morgan fingerprint density at radius 2 is 2.04 bits per heavy atom. The Hall–Kier alpha value is -2.58. The summed E-state index contributed by atoms with van der Waals surface area (Å²) in [6.07, 6.45) is 2.27. The van der Waals surface area contributed by atoms with Gasteiger partial charge in [0, 0.05) is 18.4 Å². The molecule has 0 amide bonds. The third kappa shape index (κ3) is 3.83. The fraction of sp³-hybridized carbons (Fsp3) is 0.350. The van der Waals surface area contributed by atoms with Gasteiger partial charge in [0.2, 0.25) is 4.77 Å². The molecular formula is C20H23FN5OS+. The van der Waals surface area contributed by atoms with Crippen LogP contribution in [0.2, 0.25) is 0 Å². The molecular weight excluding hydrogens is 377 g/mol. The lowest BCUT2D eigenvalue weighted by Crippen LogP contribution is -3.09. The van der Waals surface area contributed by atoms with Crippen LogP contribution in [0.1, 0.15) is 31.4 Å². The second-order valence-electron chi connectivity index (χ2n) is 6.92. The molecule has 8 heteroatoms. The number of aromatic nitrogens is 4. The maximum atomic E-state index is 13.5. The molecule has 1 N–H and O–H groups in total. The molecule has 6 nitrogen and oxygen atoms in total. The largest absolute Gasteiger partial charge is 0.494 e. The van der Waals surface area contributed by atoms with Crippen LogP contribution in [0.4, 0.5) is 4.39 Å². The predicted octanol–water partition coefficient (Wildman–Crippen LogP) is 2.71. The number of hydrogen-bond acceptors (Lipinski definition) is 4. The zero-order valence-corrected chi connectivity index (χ0v) is 16.5.